The number of rotatable bonds is 4. The van der Waals surface area contributed by atoms with Crippen molar-refractivity contribution >= 4 is 6.03 Å². The lowest BCUT2D eigenvalue weighted by molar-refractivity contribution is -0.138. The standard InChI is InChI=1S/C16H21F3N2O3/c1-24-13-5-4-12(14(7-13)16(17,18)19)8-20-15(23)21-6-2-3-11(9-21)10-22/h4-5,7,11,22H,2-3,6,8-10H2,1H3,(H,20,23)/t11-/m0/s1. The van der Waals surface area contributed by atoms with Crippen molar-refractivity contribution in [2.45, 2.75) is 25.6 Å². The molecular formula is C16H21F3N2O3. The van der Waals surface area contributed by atoms with Crippen LogP contribution in [0.4, 0.5) is 18.0 Å². The first kappa shape index (κ1) is 18.4. The van der Waals surface area contributed by atoms with Gasteiger partial charge in [0.05, 0.1) is 12.7 Å². The van der Waals surface area contributed by atoms with Gasteiger partial charge >= 0.3 is 12.2 Å². The second-order valence-electron chi connectivity index (χ2n) is 5.82. The lowest BCUT2D eigenvalue weighted by Crippen LogP contribution is -2.46. The molecule has 1 aromatic carbocycles. The van der Waals surface area contributed by atoms with Crippen LogP contribution < -0.4 is 10.1 Å². The van der Waals surface area contributed by atoms with Gasteiger partial charge < -0.3 is 20.1 Å². The Balaban J connectivity index is 2.04. The Morgan fingerprint density at radius 3 is 2.83 bits per heavy atom. The highest BCUT2D eigenvalue weighted by Gasteiger charge is 2.34. The second-order valence-corrected chi connectivity index (χ2v) is 5.82. The van der Waals surface area contributed by atoms with Crippen molar-refractivity contribution in [1.82, 2.24) is 10.2 Å². The molecule has 1 fully saturated rings. The summed E-state index contributed by atoms with van der Waals surface area (Å²) in [6.07, 6.45) is -2.91. The normalized spacial score (nSPS) is 18.4. The number of piperidine rings is 1. The van der Waals surface area contributed by atoms with E-state index < -0.39 is 17.8 Å². The molecule has 1 heterocycles. The second kappa shape index (κ2) is 7.74. The smallest absolute Gasteiger partial charge is 0.416 e. The summed E-state index contributed by atoms with van der Waals surface area (Å²) < 4.78 is 44.2. The number of hydrogen-bond acceptors (Lipinski definition) is 3. The molecule has 1 aliphatic heterocycles. The van der Waals surface area contributed by atoms with Crippen molar-refractivity contribution in [2.75, 3.05) is 26.8 Å². The van der Waals surface area contributed by atoms with E-state index in [1.165, 1.54) is 24.1 Å². The van der Waals surface area contributed by atoms with E-state index in [1.54, 1.807) is 0 Å². The van der Waals surface area contributed by atoms with Gasteiger partial charge in [-0.2, -0.15) is 13.2 Å². The van der Waals surface area contributed by atoms with Crippen molar-refractivity contribution in [2.24, 2.45) is 5.92 Å². The molecule has 5 nitrogen and oxygen atoms in total. The Kier molecular flexibility index (Phi) is 5.93. The topological polar surface area (TPSA) is 61.8 Å². The summed E-state index contributed by atoms with van der Waals surface area (Å²) in [6.45, 7) is 0.729. The van der Waals surface area contributed by atoms with Crippen LogP contribution in [-0.2, 0) is 12.7 Å². The summed E-state index contributed by atoms with van der Waals surface area (Å²) in [4.78, 5) is 13.7. The van der Waals surface area contributed by atoms with E-state index in [-0.39, 0.29) is 30.4 Å². The molecule has 8 heteroatoms. The summed E-state index contributed by atoms with van der Waals surface area (Å²) in [7, 11) is 1.30. The molecule has 2 amide bonds. The summed E-state index contributed by atoms with van der Waals surface area (Å²) in [5, 5.41) is 11.7. The predicted octanol–water partition coefficient (Wildman–Crippen LogP) is 2.63. The average molecular weight is 346 g/mol. The van der Waals surface area contributed by atoms with E-state index in [2.05, 4.69) is 5.32 Å². The lowest BCUT2D eigenvalue weighted by Gasteiger charge is -2.32. The minimum atomic E-state index is -4.53. The maximum absolute atomic E-state index is 13.1. The number of likely N-dealkylation sites (tertiary alicyclic amines) is 1. The Labute approximate surface area is 138 Å². The number of methoxy groups -OCH3 is 1. The molecule has 0 unspecified atom stereocenters. The third kappa shape index (κ3) is 4.53. The van der Waals surface area contributed by atoms with Crippen LogP contribution in [0.3, 0.4) is 0 Å². The van der Waals surface area contributed by atoms with E-state index in [9.17, 15) is 23.1 Å². The van der Waals surface area contributed by atoms with E-state index >= 15 is 0 Å². The van der Waals surface area contributed by atoms with Crippen molar-refractivity contribution in [1.29, 1.82) is 0 Å². The summed E-state index contributed by atoms with van der Waals surface area (Å²) in [5.74, 6) is 0.135. The molecule has 134 valence electrons. The largest absolute Gasteiger partial charge is 0.497 e. The maximum atomic E-state index is 13.1. The number of aliphatic hydroxyl groups excluding tert-OH is 1. The minimum Gasteiger partial charge on any atom is -0.497 e. The van der Waals surface area contributed by atoms with Gasteiger partial charge in [0.2, 0.25) is 0 Å². The number of carbonyl (C=O) groups excluding carboxylic acids is 1. The van der Waals surface area contributed by atoms with Gasteiger partial charge in [-0.3, -0.25) is 0 Å². The van der Waals surface area contributed by atoms with Gasteiger partial charge in [0.1, 0.15) is 5.75 Å². The number of nitrogens with one attached hydrogen (secondary N) is 1. The van der Waals surface area contributed by atoms with Crippen LogP contribution in [0.15, 0.2) is 18.2 Å². The first-order valence-corrected chi connectivity index (χ1v) is 7.73. The SMILES string of the molecule is COc1ccc(CNC(=O)N2CCC[C@H](CO)C2)c(C(F)(F)F)c1. The highest BCUT2D eigenvalue weighted by atomic mass is 19.4. The molecule has 24 heavy (non-hydrogen) atoms. The van der Waals surface area contributed by atoms with E-state index in [0.29, 0.717) is 13.1 Å². The maximum Gasteiger partial charge on any atom is 0.416 e. The molecule has 0 saturated carbocycles. The van der Waals surface area contributed by atoms with Crippen molar-refractivity contribution < 1.29 is 27.8 Å². The van der Waals surface area contributed by atoms with Gasteiger partial charge in [0.25, 0.3) is 0 Å². The summed E-state index contributed by atoms with van der Waals surface area (Å²) in [6, 6.07) is 3.23. The van der Waals surface area contributed by atoms with Crippen LogP contribution in [0.1, 0.15) is 24.0 Å². The number of aliphatic hydroxyl groups is 1. The summed E-state index contributed by atoms with van der Waals surface area (Å²) in [5.41, 5.74) is -0.846. The number of amides is 2. The van der Waals surface area contributed by atoms with E-state index in [4.69, 9.17) is 4.74 Å². The minimum absolute atomic E-state index is 0.000478. The Morgan fingerprint density at radius 2 is 2.21 bits per heavy atom. The number of nitrogens with zero attached hydrogens (tertiary/aromatic N) is 1. The van der Waals surface area contributed by atoms with Crippen LogP contribution in [0, 0.1) is 5.92 Å². The lowest BCUT2D eigenvalue weighted by atomic mass is 9.99. The van der Waals surface area contributed by atoms with Gasteiger partial charge in [-0.1, -0.05) is 6.07 Å². The molecule has 0 aliphatic carbocycles. The summed E-state index contributed by atoms with van der Waals surface area (Å²) >= 11 is 0. The number of ether oxygens (including phenoxy) is 1. The molecule has 2 rings (SSSR count). The zero-order valence-electron chi connectivity index (χ0n) is 13.4. The number of benzene rings is 1. The Hall–Kier alpha value is -1.96. The zero-order valence-corrected chi connectivity index (χ0v) is 13.4. The number of urea groups is 1. The molecule has 1 atom stereocenters. The van der Waals surface area contributed by atoms with Gasteiger partial charge in [0.15, 0.2) is 0 Å². The third-order valence-electron chi connectivity index (χ3n) is 4.12. The highest BCUT2D eigenvalue weighted by molar-refractivity contribution is 5.74. The molecule has 0 radical (unpaired) electrons. The quantitative estimate of drug-likeness (QED) is 0.881. The predicted molar refractivity (Wildman–Crippen MR) is 81.6 cm³/mol. The fraction of sp³-hybridized carbons (Fsp3) is 0.562. The third-order valence-corrected chi connectivity index (χ3v) is 4.12. The highest BCUT2D eigenvalue weighted by Crippen LogP contribution is 2.34. The van der Waals surface area contributed by atoms with Crippen LogP contribution in [0.2, 0.25) is 0 Å². The first-order valence-electron chi connectivity index (χ1n) is 7.73. The first-order chi connectivity index (χ1) is 11.3. The Bertz CT molecular complexity index is 578. The fourth-order valence-electron chi connectivity index (χ4n) is 2.78. The average Bonchev–Trinajstić information content (AvgIpc) is 2.58. The van der Waals surface area contributed by atoms with Crippen LogP contribution >= 0.6 is 0 Å². The van der Waals surface area contributed by atoms with Crippen molar-refractivity contribution in [3.05, 3.63) is 29.3 Å². The molecule has 0 aromatic heterocycles. The number of carbonyl (C=O) groups is 1. The van der Waals surface area contributed by atoms with Crippen molar-refractivity contribution in [3.63, 3.8) is 0 Å². The molecular weight excluding hydrogens is 325 g/mol. The molecule has 1 aliphatic rings. The molecule has 2 N–H and O–H groups in total. The van der Waals surface area contributed by atoms with E-state index in [1.807, 2.05) is 0 Å². The zero-order chi connectivity index (χ0) is 17.7. The number of hydrogen-bond donors (Lipinski definition) is 2. The van der Waals surface area contributed by atoms with E-state index in [0.717, 1.165) is 18.9 Å². The van der Waals surface area contributed by atoms with Crippen LogP contribution in [0.5, 0.6) is 5.75 Å². The number of halogens is 3. The van der Waals surface area contributed by atoms with Crippen LogP contribution in [0.25, 0.3) is 0 Å². The molecule has 0 bridgehead atoms. The molecule has 0 spiro atoms. The monoisotopic (exact) mass is 346 g/mol. The van der Waals surface area contributed by atoms with Gasteiger partial charge in [-0.25, -0.2) is 4.79 Å². The van der Waals surface area contributed by atoms with Crippen LogP contribution in [-0.4, -0.2) is 42.8 Å². The molecule has 1 saturated heterocycles. The van der Waals surface area contributed by atoms with Crippen molar-refractivity contribution in [3.8, 4) is 5.75 Å². The van der Waals surface area contributed by atoms with Gasteiger partial charge in [0, 0.05) is 26.2 Å². The fourth-order valence-corrected chi connectivity index (χ4v) is 2.78. The van der Waals surface area contributed by atoms with Gasteiger partial charge in [-0.05, 0) is 36.5 Å². The van der Waals surface area contributed by atoms with Gasteiger partial charge in [-0.15, -0.1) is 0 Å². The number of alkyl halides is 3. The Morgan fingerprint density at radius 1 is 1.46 bits per heavy atom. The molecule has 1 aromatic rings.